The third-order valence-electron chi connectivity index (χ3n) is 3.00. The molecule has 0 spiro atoms. The van der Waals surface area contributed by atoms with Crippen molar-refractivity contribution in [2.45, 2.75) is 43.9 Å². The monoisotopic (exact) mass is 216 g/mol. The normalized spacial score (nSPS) is 20.6. The fourth-order valence-corrected chi connectivity index (χ4v) is 3.06. The van der Waals surface area contributed by atoms with Crippen LogP contribution in [0.4, 0.5) is 0 Å². The first-order valence-electron chi connectivity index (χ1n) is 4.57. The zero-order valence-electron chi connectivity index (χ0n) is 9.03. The van der Waals surface area contributed by atoms with Gasteiger partial charge in [-0.25, -0.2) is 8.42 Å². The topological polar surface area (TPSA) is 61.2 Å². The van der Waals surface area contributed by atoms with E-state index in [0.717, 1.165) is 0 Å². The minimum absolute atomic E-state index is 0.629. The van der Waals surface area contributed by atoms with E-state index in [-0.39, 0.29) is 0 Å². The van der Waals surface area contributed by atoms with E-state index in [0.29, 0.717) is 12.8 Å². The minimum Gasteiger partial charge on any atom is -0.212 e. The number of rotatable bonds is 3. The van der Waals surface area contributed by atoms with Gasteiger partial charge < -0.3 is 0 Å². The average Bonchev–Trinajstić information content (AvgIpc) is 2.83. The summed E-state index contributed by atoms with van der Waals surface area (Å²) in [5.74, 6) is 0. The van der Waals surface area contributed by atoms with Crippen molar-refractivity contribution >= 4 is 10.0 Å². The number of sulfonamides is 1. The first kappa shape index (κ1) is 11.5. The second-order valence-electron chi connectivity index (χ2n) is 4.59. The van der Waals surface area contributed by atoms with Gasteiger partial charge in [0.2, 0.25) is 10.0 Å². The first-order chi connectivity index (χ1) is 6.17. The third-order valence-corrected chi connectivity index (χ3v) is 5.83. The van der Waals surface area contributed by atoms with Gasteiger partial charge in [-0.2, -0.15) is 9.57 Å². The standard InChI is InChI=1S/C9H16N2O2S/c1-8(2,7-10)11(4)14(12,13)9(3)5-6-9/h5-6H2,1-4H3. The van der Waals surface area contributed by atoms with Crippen molar-refractivity contribution in [1.82, 2.24) is 4.31 Å². The number of hydrogen-bond donors (Lipinski definition) is 0. The molecule has 0 saturated heterocycles. The van der Waals surface area contributed by atoms with Crippen LogP contribution in [-0.4, -0.2) is 30.1 Å². The molecule has 1 aliphatic carbocycles. The third kappa shape index (κ3) is 1.53. The predicted molar refractivity (Wildman–Crippen MR) is 54.0 cm³/mol. The Labute approximate surface area is 85.6 Å². The summed E-state index contributed by atoms with van der Waals surface area (Å²) >= 11 is 0. The van der Waals surface area contributed by atoms with Gasteiger partial charge in [-0.05, 0) is 33.6 Å². The lowest BCUT2D eigenvalue weighted by atomic mass is 10.1. The molecule has 0 radical (unpaired) electrons. The molecule has 4 nitrogen and oxygen atoms in total. The summed E-state index contributed by atoms with van der Waals surface area (Å²) in [5, 5.41) is 8.86. The van der Waals surface area contributed by atoms with E-state index in [1.807, 2.05) is 6.07 Å². The first-order valence-corrected chi connectivity index (χ1v) is 6.01. The Kier molecular flexibility index (Phi) is 2.41. The molecule has 0 aliphatic heterocycles. The quantitative estimate of drug-likeness (QED) is 0.709. The summed E-state index contributed by atoms with van der Waals surface area (Å²) in [7, 11) is -1.85. The largest absolute Gasteiger partial charge is 0.220 e. The molecule has 0 atom stereocenters. The molecule has 0 N–H and O–H groups in total. The van der Waals surface area contributed by atoms with E-state index in [1.54, 1.807) is 20.8 Å². The van der Waals surface area contributed by atoms with Crippen LogP contribution in [0.2, 0.25) is 0 Å². The van der Waals surface area contributed by atoms with Gasteiger partial charge in [-0.15, -0.1) is 0 Å². The summed E-state index contributed by atoms with van der Waals surface area (Å²) in [5.41, 5.74) is -0.968. The summed E-state index contributed by atoms with van der Waals surface area (Å²) in [4.78, 5) is 0. The molecule has 0 bridgehead atoms. The Morgan fingerprint density at radius 3 is 2.14 bits per heavy atom. The molecule has 1 fully saturated rings. The molecule has 80 valence electrons. The second kappa shape index (κ2) is 2.94. The second-order valence-corrected chi connectivity index (χ2v) is 7.08. The fraction of sp³-hybridized carbons (Fsp3) is 0.889. The minimum atomic E-state index is -3.32. The van der Waals surface area contributed by atoms with E-state index in [4.69, 9.17) is 5.26 Å². The lowest BCUT2D eigenvalue weighted by Crippen LogP contribution is -2.48. The summed E-state index contributed by atoms with van der Waals surface area (Å²) in [6.07, 6.45) is 1.39. The Morgan fingerprint density at radius 1 is 1.43 bits per heavy atom. The fourth-order valence-electron chi connectivity index (χ4n) is 1.14. The Balaban J connectivity index is 3.02. The van der Waals surface area contributed by atoms with Crippen LogP contribution in [0.15, 0.2) is 0 Å². The molecule has 1 rings (SSSR count). The zero-order chi connectivity index (χ0) is 11.2. The average molecular weight is 216 g/mol. The highest BCUT2D eigenvalue weighted by Gasteiger charge is 2.54. The summed E-state index contributed by atoms with van der Waals surface area (Å²) < 4.78 is 24.5. The maximum Gasteiger partial charge on any atom is 0.220 e. The Hall–Kier alpha value is -0.600. The van der Waals surface area contributed by atoms with Crippen LogP contribution in [0, 0.1) is 11.3 Å². The van der Waals surface area contributed by atoms with E-state index >= 15 is 0 Å². The number of hydrogen-bond acceptors (Lipinski definition) is 3. The molecular formula is C9H16N2O2S. The van der Waals surface area contributed by atoms with Crippen molar-refractivity contribution in [3.8, 4) is 6.07 Å². The molecule has 0 aromatic rings. The Bertz CT molecular complexity index is 374. The van der Waals surface area contributed by atoms with E-state index < -0.39 is 20.3 Å². The molecule has 5 heteroatoms. The molecule has 0 aromatic heterocycles. The van der Waals surface area contributed by atoms with Crippen molar-refractivity contribution in [3.05, 3.63) is 0 Å². The summed E-state index contributed by atoms with van der Waals surface area (Å²) in [6, 6.07) is 1.99. The molecule has 0 unspecified atom stereocenters. The number of nitrogens with zero attached hydrogens (tertiary/aromatic N) is 2. The van der Waals surface area contributed by atoms with Crippen LogP contribution in [0.5, 0.6) is 0 Å². The van der Waals surface area contributed by atoms with Crippen LogP contribution in [0.25, 0.3) is 0 Å². The van der Waals surface area contributed by atoms with Gasteiger partial charge in [-0.1, -0.05) is 0 Å². The molecule has 14 heavy (non-hydrogen) atoms. The van der Waals surface area contributed by atoms with E-state index in [9.17, 15) is 8.42 Å². The highest BCUT2D eigenvalue weighted by molar-refractivity contribution is 7.90. The van der Waals surface area contributed by atoms with Crippen LogP contribution >= 0.6 is 0 Å². The highest BCUT2D eigenvalue weighted by atomic mass is 32.2. The SMILES string of the molecule is CN(C(C)(C)C#N)S(=O)(=O)C1(C)CC1. The zero-order valence-corrected chi connectivity index (χ0v) is 9.85. The van der Waals surface area contributed by atoms with Crippen LogP contribution in [-0.2, 0) is 10.0 Å². The molecule has 1 aliphatic rings. The maximum absolute atomic E-state index is 12.0. The van der Waals surface area contributed by atoms with Gasteiger partial charge in [0.1, 0.15) is 5.54 Å². The highest BCUT2D eigenvalue weighted by Crippen LogP contribution is 2.45. The molecule has 0 aromatic carbocycles. The molecular weight excluding hydrogens is 200 g/mol. The van der Waals surface area contributed by atoms with Crippen LogP contribution in [0.3, 0.4) is 0 Å². The van der Waals surface area contributed by atoms with Gasteiger partial charge in [0, 0.05) is 7.05 Å². The van der Waals surface area contributed by atoms with Crippen molar-refractivity contribution in [3.63, 3.8) is 0 Å². The van der Waals surface area contributed by atoms with Gasteiger partial charge in [-0.3, -0.25) is 0 Å². The van der Waals surface area contributed by atoms with Gasteiger partial charge in [0.25, 0.3) is 0 Å². The van der Waals surface area contributed by atoms with Gasteiger partial charge >= 0.3 is 0 Å². The van der Waals surface area contributed by atoms with Crippen molar-refractivity contribution in [1.29, 1.82) is 5.26 Å². The smallest absolute Gasteiger partial charge is 0.212 e. The molecule has 0 amide bonds. The van der Waals surface area contributed by atoms with Crippen molar-refractivity contribution in [2.24, 2.45) is 0 Å². The maximum atomic E-state index is 12.0. The van der Waals surface area contributed by atoms with Crippen molar-refractivity contribution < 1.29 is 8.42 Å². The summed E-state index contributed by atoms with van der Waals surface area (Å²) in [6.45, 7) is 4.94. The number of nitriles is 1. The van der Waals surface area contributed by atoms with Crippen LogP contribution in [0.1, 0.15) is 33.6 Å². The molecule has 0 heterocycles. The predicted octanol–water partition coefficient (Wildman–Crippen LogP) is 1.10. The van der Waals surface area contributed by atoms with Gasteiger partial charge in [0.05, 0.1) is 10.8 Å². The van der Waals surface area contributed by atoms with Crippen LogP contribution < -0.4 is 0 Å². The Morgan fingerprint density at radius 2 is 1.86 bits per heavy atom. The van der Waals surface area contributed by atoms with E-state index in [1.165, 1.54) is 11.4 Å². The lowest BCUT2D eigenvalue weighted by Gasteiger charge is -2.30. The van der Waals surface area contributed by atoms with Gasteiger partial charge in [0.15, 0.2) is 0 Å². The molecule has 1 saturated carbocycles. The lowest BCUT2D eigenvalue weighted by molar-refractivity contribution is 0.332. The van der Waals surface area contributed by atoms with E-state index in [2.05, 4.69) is 0 Å². The van der Waals surface area contributed by atoms with Crippen molar-refractivity contribution in [2.75, 3.05) is 7.05 Å².